The highest BCUT2D eigenvalue weighted by Crippen LogP contribution is 2.36. The fraction of sp³-hybridized carbons (Fsp3) is 0.222. The van der Waals surface area contributed by atoms with Crippen LogP contribution in [0.25, 0.3) is 21.7 Å². The zero-order valence-corrected chi connectivity index (χ0v) is 12.6. The number of ketones is 2. The topological polar surface area (TPSA) is 97.5 Å². The average Bonchev–Trinajstić information content (AvgIpc) is 2.98. The first kappa shape index (κ1) is 14.6. The fourth-order valence-corrected chi connectivity index (χ4v) is 3.33. The Morgan fingerprint density at radius 1 is 1.21 bits per heavy atom. The standard InChI is InChI=1S/C18H13NO5/c20-11-3-5-13(14(21)8-11)17-16-12-4-1-10(18(22)23)7-9(12)2-6-15(16)24-19-17/h1-2,4,6-7,13H,3,5,8H2,(H,22,23). The third-order valence-corrected chi connectivity index (χ3v) is 4.53. The Morgan fingerprint density at radius 3 is 2.79 bits per heavy atom. The SMILES string of the molecule is O=C1CCC(c2noc3ccc4cc(C(=O)O)ccc4c23)C(=O)C1. The van der Waals surface area contributed by atoms with Gasteiger partial charge in [-0.2, -0.15) is 0 Å². The van der Waals surface area contributed by atoms with Gasteiger partial charge >= 0.3 is 5.97 Å². The number of hydrogen-bond donors (Lipinski definition) is 1. The predicted molar refractivity (Wildman–Crippen MR) is 85.1 cm³/mol. The van der Waals surface area contributed by atoms with Gasteiger partial charge in [0.15, 0.2) is 5.58 Å². The summed E-state index contributed by atoms with van der Waals surface area (Å²) in [6.45, 7) is 0. The number of carboxylic acids is 1. The van der Waals surface area contributed by atoms with Gasteiger partial charge in [0.2, 0.25) is 0 Å². The van der Waals surface area contributed by atoms with Crippen molar-refractivity contribution in [1.29, 1.82) is 0 Å². The number of fused-ring (bicyclic) bond motifs is 3. The van der Waals surface area contributed by atoms with Crippen LogP contribution in [-0.4, -0.2) is 27.8 Å². The van der Waals surface area contributed by atoms with Crippen molar-refractivity contribution in [2.45, 2.75) is 25.2 Å². The summed E-state index contributed by atoms with van der Waals surface area (Å²) in [4.78, 5) is 34.8. The van der Waals surface area contributed by atoms with Gasteiger partial charge in [-0.1, -0.05) is 17.3 Å². The van der Waals surface area contributed by atoms with Crippen LogP contribution in [0.5, 0.6) is 0 Å². The van der Waals surface area contributed by atoms with Gasteiger partial charge in [0.1, 0.15) is 17.3 Å². The van der Waals surface area contributed by atoms with Crippen molar-refractivity contribution in [1.82, 2.24) is 5.16 Å². The molecule has 0 spiro atoms. The number of hydrogen-bond acceptors (Lipinski definition) is 5. The maximum absolute atomic E-state index is 12.2. The molecule has 2 aromatic carbocycles. The molecular weight excluding hydrogens is 310 g/mol. The van der Waals surface area contributed by atoms with Crippen LogP contribution in [0.3, 0.4) is 0 Å². The number of carbonyl (C=O) groups is 3. The minimum atomic E-state index is -0.997. The molecule has 0 saturated heterocycles. The molecule has 1 fully saturated rings. The maximum Gasteiger partial charge on any atom is 0.335 e. The second-order valence-corrected chi connectivity index (χ2v) is 6.02. The van der Waals surface area contributed by atoms with E-state index in [1.807, 2.05) is 0 Å². The molecule has 1 aromatic heterocycles. The highest BCUT2D eigenvalue weighted by Gasteiger charge is 2.32. The van der Waals surface area contributed by atoms with Crippen LogP contribution < -0.4 is 0 Å². The molecule has 24 heavy (non-hydrogen) atoms. The quantitative estimate of drug-likeness (QED) is 0.728. The van der Waals surface area contributed by atoms with Crippen molar-refractivity contribution in [2.75, 3.05) is 0 Å². The van der Waals surface area contributed by atoms with Crippen LogP contribution in [0.4, 0.5) is 0 Å². The van der Waals surface area contributed by atoms with Crippen molar-refractivity contribution < 1.29 is 24.0 Å². The van der Waals surface area contributed by atoms with Gasteiger partial charge in [-0.25, -0.2) is 4.79 Å². The van der Waals surface area contributed by atoms with Crippen molar-refractivity contribution >= 4 is 39.3 Å². The van der Waals surface area contributed by atoms with Gasteiger partial charge in [0, 0.05) is 6.42 Å². The normalized spacial score (nSPS) is 18.4. The van der Waals surface area contributed by atoms with E-state index in [1.165, 1.54) is 6.07 Å². The molecule has 0 bridgehead atoms. The number of carboxylic acid groups (broad SMARTS) is 1. The summed E-state index contributed by atoms with van der Waals surface area (Å²) in [5.41, 5.74) is 1.28. The molecule has 3 aromatic rings. The molecule has 1 saturated carbocycles. The molecule has 0 amide bonds. The third kappa shape index (κ3) is 2.19. The highest BCUT2D eigenvalue weighted by molar-refractivity contribution is 6.11. The number of aromatic carboxylic acids is 1. The minimum absolute atomic E-state index is 0.0417. The van der Waals surface area contributed by atoms with E-state index in [0.717, 1.165) is 16.2 Å². The Hall–Kier alpha value is -3.02. The summed E-state index contributed by atoms with van der Waals surface area (Å²) in [6, 6.07) is 8.30. The van der Waals surface area contributed by atoms with Gasteiger partial charge < -0.3 is 9.63 Å². The summed E-state index contributed by atoms with van der Waals surface area (Å²) in [5.74, 6) is -1.63. The van der Waals surface area contributed by atoms with E-state index in [-0.39, 0.29) is 23.6 Å². The van der Waals surface area contributed by atoms with Crippen molar-refractivity contribution in [3.63, 3.8) is 0 Å². The number of Topliss-reactive ketones (excluding diaryl/α,β-unsaturated/α-hetero) is 2. The lowest BCUT2D eigenvalue weighted by Gasteiger charge is -2.17. The summed E-state index contributed by atoms with van der Waals surface area (Å²) in [5, 5.41) is 15.5. The summed E-state index contributed by atoms with van der Waals surface area (Å²) in [7, 11) is 0. The van der Waals surface area contributed by atoms with Gasteiger partial charge in [-0.05, 0) is 35.4 Å². The maximum atomic E-state index is 12.2. The van der Waals surface area contributed by atoms with E-state index in [0.29, 0.717) is 24.1 Å². The number of benzene rings is 2. The zero-order chi connectivity index (χ0) is 16.8. The Kier molecular flexibility index (Phi) is 3.19. The molecule has 1 aliphatic carbocycles. The van der Waals surface area contributed by atoms with Gasteiger partial charge in [0.25, 0.3) is 0 Å². The van der Waals surface area contributed by atoms with Crippen LogP contribution >= 0.6 is 0 Å². The van der Waals surface area contributed by atoms with Gasteiger partial charge in [-0.15, -0.1) is 0 Å². The van der Waals surface area contributed by atoms with Crippen LogP contribution in [-0.2, 0) is 9.59 Å². The monoisotopic (exact) mass is 323 g/mol. The number of rotatable bonds is 2. The highest BCUT2D eigenvalue weighted by atomic mass is 16.5. The molecule has 1 heterocycles. The number of aromatic nitrogens is 1. The lowest BCUT2D eigenvalue weighted by atomic mass is 9.83. The van der Waals surface area contributed by atoms with E-state index < -0.39 is 11.9 Å². The van der Waals surface area contributed by atoms with Gasteiger partial charge in [0.05, 0.1) is 23.3 Å². The third-order valence-electron chi connectivity index (χ3n) is 4.53. The Labute approximate surface area is 136 Å². The smallest absolute Gasteiger partial charge is 0.335 e. The molecule has 0 aliphatic heterocycles. The number of carbonyl (C=O) groups excluding carboxylic acids is 2. The Balaban J connectivity index is 1.92. The second-order valence-electron chi connectivity index (χ2n) is 6.02. The van der Waals surface area contributed by atoms with Crippen LogP contribution in [0.1, 0.15) is 41.2 Å². The Bertz CT molecular complexity index is 1020. The van der Waals surface area contributed by atoms with E-state index in [4.69, 9.17) is 9.63 Å². The number of nitrogens with zero attached hydrogens (tertiary/aromatic N) is 1. The van der Waals surface area contributed by atoms with E-state index >= 15 is 0 Å². The van der Waals surface area contributed by atoms with E-state index in [9.17, 15) is 14.4 Å². The van der Waals surface area contributed by atoms with Gasteiger partial charge in [-0.3, -0.25) is 9.59 Å². The van der Waals surface area contributed by atoms with Crippen molar-refractivity contribution in [3.05, 3.63) is 41.6 Å². The second kappa shape index (κ2) is 5.26. The zero-order valence-electron chi connectivity index (χ0n) is 12.6. The lowest BCUT2D eigenvalue weighted by Crippen LogP contribution is -2.23. The summed E-state index contributed by atoms with van der Waals surface area (Å²) < 4.78 is 5.36. The largest absolute Gasteiger partial charge is 0.478 e. The fourth-order valence-electron chi connectivity index (χ4n) is 3.33. The molecule has 6 nitrogen and oxygen atoms in total. The first-order valence-corrected chi connectivity index (χ1v) is 7.64. The summed E-state index contributed by atoms with van der Waals surface area (Å²) in [6.07, 6.45) is 0.731. The molecule has 120 valence electrons. The van der Waals surface area contributed by atoms with Crippen LogP contribution in [0.2, 0.25) is 0 Å². The minimum Gasteiger partial charge on any atom is -0.478 e. The van der Waals surface area contributed by atoms with E-state index in [2.05, 4.69) is 5.16 Å². The van der Waals surface area contributed by atoms with Crippen molar-refractivity contribution in [2.24, 2.45) is 0 Å². The van der Waals surface area contributed by atoms with Crippen molar-refractivity contribution in [3.8, 4) is 0 Å². The van der Waals surface area contributed by atoms with E-state index in [1.54, 1.807) is 24.3 Å². The molecule has 4 rings (SSSR count). The molecule has 0 radical (unpaired) electrons. The first-order valence-electron chi connectivity index (χ1n) is 7.64. The summed E-state index contributed by atoms with van der Waals surface area (Å²) >= 11 is 0. The van der Waals surface area contributed by atoms with Crippen LogP contribution in [0, 0.1) is 0 Å². The van der Waals surface area contributed by atoms with Crippen LogP contribution in [0.15, 0.2) is 34.9 Å². The molecule has 1 unspecified atom stereocenters. The average molecular weight is 323 g/mol. The predicted octanol–water partition coefficient (Wildman–Crippen LogP) is 3.08. The molecule has 1 aliphatic rings. The first-order chi connectivity index (χ1) is 11.5. The molecular formula is C18H13NO5. The Morgan fingerprint density at radius 2 is 2.04 bits per heavy atom. The lowest BCUT2D eigenvalue weighted by molar-refractivity contribution is -0.130. The molecule has 6 heteroatoms. The molecule has 1 N–H and O–H groups in total. The molecule has 1 atom stereocenters.